The lowest BCUT2D eigenvalue weighted by Crippen LogP contribution is -2.40. The Hall–Kier alpha value is -0.170. The van der Waals surface area contributed by atoms with Crippen LogP contribution in [0.1, 0.15) is 27.2 Å². The van der Waals surface area contributed by atoms with Gasteiger partial charge >= 0.3 is 0 Å². The van der Waals surface area contributed by atoms with Gasteiger partial charge in [-0.15, -0.1) is 0 Å². The summed E-state index contributed by atoms with van der Waals surface area (Å²) in [6.07, 6.45) is 0.521. The summed E-state index contributed by atoms with van der Waals surface area (Å²) in [5.41, 5.74) is -0.863. The lowest BCUT2D eigenvalue weighted by molar-refractivity contribution is 0.0254. The van der Waals surface area contributed by atoms with Crippen LogP contribution in [0.4, 0.5) is 0 Å². The highest BCUT2D eigenvalue weighted by atomic mass is 32.2. The molecule has 0 fully saturated rings. The molecule has 0 rings (SSSR count). The largest absolute Gasteiger partial charge is 0.389 e. The summed E-state index contributed by atoms with van der Waals surface area (Å²) in [5, 5.41) is 12.5. The Labute approximate surface area is 104 Å². The molecule has 0 aromatic carbocycles. The maximum Gasteiger partial charge on any atom is 0.153 e. The standard InChI is InChI=1S/C11H25NO4S/c1-10(2)17(14,15)8-6-12-9-11(3,13)5-7-16-4/h10,12-13H,5-9H2,1-4H3. The second-order valence-electron chi connectivity index (χ2n) is 4.83. The Kier molecular flexibility index (Phi) is 7.23. The lowest BCUT2D eigenvalue weighted by atomic mass is 10.0. The van der Waals surface area contributed by atoms with Crippen molar-refractivity contribution < 1.29 is 18.3 Å². The van der Waals surface area contributed by atoms with Gasteiger partial charge < -0.3 is 15.2 Å². The summed E-state index contributed by atoms with van der Waals surface area (Å²) >= 11 is 0. The second kappa shape index (κ2) is 7.31. The van der Waals surface area contributed by atoms with E-state index in [1.54, 1.807) is 27.9 Å². The van der Waals surface area contributed by atoms with E-state index >= 15 is 0 Å². The van der Waals surface area contributed by atoms with Gasteiger partial charge in [-0.2, -0.15) is 0 Å². The normalized spacial score (nSPS) is 16.1. The van der Waals surface area contributed by atoms with E-state index in [1.807, 2.05) is 0 Å². The topological polar surface area (TPSA) is 75.6 Å². The molecule has 0 aromatic rings. The van der Waals surface area contributed by atoms with Gasteiger partial charge in [0.1, 0.15) is 0 Å². The third-order valence-corrected chi connectivity index (χ3v) is 4.84. The highest BCUT2D eigenvalue weighted by molar-refractivity contribution is 7.92. The molecule has 0 saturated carbocycles. The van der Waals surface area contributed by atoms with Crippen molar-refractivity contribution in [1.82, 2.24) is 5.32 Å². The van der Waals surface area contributed by atoms with Gasteiger partial charge in [0.15, 0.2) is 9.84 Å². The average molecular weight is 267 g/mol. The molecule has 0 heterocycles. The van der Waals surface area contributed by atoms with Crippen molar-refractivity contribution in [1.29, 1.82) is 0 Å². The number of nitrogens with one attached hydrogen (secondary N) is 1. The van der Waals surface area contributed by atoms with E-state index in [1.165, 1.54) is 0 Å². The summed E-state index contributed by atoms with van der Waals surface area (Å²) in [7, 11) is -1.42. The maximum atomic E-state index is 11.5. The Bertz CT molecular complexity index is 299. The average Bonchev–Trinajstić information content (AvgIpc) is 2.21. The fraction of sp³-hybridized carbons (Fsp3) is 1.00. The van der Waals surface area contributed by atoms with Crippen LogP contribution in [0.3, 0.4) is 0 Å². The van der Waals surface area contributed by atoms with Crippen molar-refractivity contribution in [2.45, 2.75) is 38.0 Å². The molecule has 5 nitrogen and oxygen atoms in total. The van der Waals surface area contributed by atoms with Crippen molar-refractivity contribution in [3.8, 4) is 0 Å². The van der Waals surface area contributed by atoms with E-state index in [4.69, 9.17) is 4.74 Å². The van der Waals surface area contributed by atoms with Gasteiger partial charge in [0.2, 0.25) is 0 Å². The Morgan fingerprint density at radius 3 is 2.47 bits per heavy atom. The Morgan fingerprint density at radius 2 is 2.00 bits per heavy atom. The van der Waals surface area contributed by atoms with E-state index in [0.717, 1.165) is 0 Å². The minimum Gasteiger partial charge on any atom is -0.389 e. The first-order valence-corrected chi connectivity index (χ1v) is 7.56. The predicted octanol–water partition coefficient (Wildman–Crippen LogP) is 0.187. The number of ether oxygens (including phenoxy) is 1. The third kappa shape index (κ3) is 7.70. The molecule has 0 saturated heterocycles. The molecular weight excluding hydrogens is 242 g/mol. The van der Waals surface area contributed by atoms with Gasteiger partial charge in [-0.1, -0.05) is 0 Å². The van der Waals surface area contributed by atoms with Crippen molar-refractivity contribution in [2.75, 3.05) is 32.6 Å². The van der Waals surface area contributed by atoms with Crippen LogP contribution < -0.4 is 5.32 Å². The molecule has 6 heteroatoms. The summed E-state index contributed by atoms with van der Waals surface area (Å²) < 4.78 is 27.9. The molecule has 1 atom stereocenters. The summed E-state index contributed by atoms with van der Waals surface area (Å²) in [6, 6.07) is 0. The number of rotatable bonds is 9. The zero-order chi connectivity index (χ0) is 13.5. The molecule has 17 heavy (non-hydrogen) atoms. The van der Waals surface area contributed by atoms with Gasteiger partial charge in [-0.05, 0) is 20.8 Å². The van der Waals surface area contributed by atoms with Crippen LogP contribution in [0, 0.1) is 0 Å². The monoisotopic (exact) mass is 267 g/mol. The van der Waals surface area contributed by atoms with Crippen LogP contribution in [-0.4, -0.2) is 56.9 Å². The zero-order valence-corrected chi connectivity index (χ0v) is 12.0. The van der Waals surface area contributed by atoms with Crippen molar-refractivity contribution >= 4 is 9.84 Å². The SMILES string of the molecule is COCCC(C)(O)CNCCS(=O)(=O)C(C)C. The molecule has 0 aliphatic carbocycles. The van der Waals surface area contributed by atoms with E-state index in [0.29, 0.717) is 26.1 Å². The van der Waals surface area contributed by atoms with Gasteiger partial charge in [-0.25, -0.2) is 8.42 Å². The van der Waals surface area contributed by atoms with Gasteiger partial charge in [0.25, 0.3) is 0 Å². The highest BCUT2D eigenvalue weighted by Gasteiger charge is 2.20. The van der Waals surface area contributed by atoms with E-state index in [2.05, 4.69) is 5.32 Å². The fourth-order valence-corrected chi connectivity index (χ4v) is 2.12. The smallest absolute Gasteiger partial charge is 0.153 e. The van der Waals surface area contributed by atoms with Crippen LogP contribution in [0.25, 0.3) is 0 Å². The van der Waals surface area contributed by atoms with E-state index in [9.17, 15) is 13.5 Å². The first kappa shape index (κ1) is 16.8. The van der Waals surface area contributed by atoms with Crippen molar-refractivity contribution in [3.63, 3.8) is 0 Å². The second-order valence-corrected chi connectivity index (χ2v) is 7.51. The highest BCUT2D eigenvalue weighted by Crippen LogP contribution is 2.07. The Morgan fingerprint density at radius 1 is 1.41 bits per heavy atom. The van der Waals surface area contributed by atoms with Crippen LogP contribution in [0.5, 0.6) is 0 Å². The van der Waals surface area contributed by atoms with Crippen LogP contribution >= 0.6 is 0 Å². The Balaban J connectivity index is 3.85. The minimum atomic E-state index is -3.00. The summed E-state index contributed by atoms with van der Waals surface area (Å²) in [5.74, 6) is 0.102. The van der Waals surface area contributed by atoms with E-state index < -0.39 is 15.4 Å². The zero-order valence-electron chi connectivity index (χ0n) is 11.2. The molecule has 104 valence electrons. The minimum absolute atomic E-state index is 0.102. The fourth-order valence-electron chi connectivity index (χ4n) is 1.22. The van der Waals surface area contributed by atoms with Gasteiger partial charge in [0, 0.05) is 33.2 Å². The van der Waals surface area contributed by atoms with Crippen LogP contribution in [0.15, 0.2) is 0 Å². The number of sulfone groups is 1. The summed E-state index contributed by atoms with van der Waals surface area (Å²) in [4.78, 5) is 0. The molecule has 2 N–H and O–H groups in total. The third-order valence-electron chi connectivity index (χ3n) is 2.63. The molecular formula is C11H25NO4S. The number of methoxy groups -OCH3 is 1. The number of hydrogen-bond donors (Lipinski definition) is 2. The molecule has 0 aliphatic rings. The maximum absolute atomic E-state index is 11.5. The lowest BCUT2D eigenvalue weighted by Gasteiger charge is -2.23. The molecule has 0 amide bonds. The molecule has 0 spiro atoms. The predicted molar refractivity (Wildman–Crippen MR) is 68.9 cm³/mol. The molecule has 0 bridgehead atoms. The van der Waals surface area contributed by atoms with Crippen LogP contribution in [-0.2, 0) is 14.6 Å². The van der Waals surface area contributed by atoms with Crippen LogP contribution in [0.2, 0.25) is 0 Å². The van der Waals surface area contributed by atoms with Gasteiger partial charge in [-0.3, -0.25) is 0 Å². The first-order chi connectivity index (χ1) is 7.71. The van der Waals surface area contributed by atoms with Crippen molar-refractivity contribution in [2.24, 2.45) is 0 Å². The van der Waals surface area contributed by atoms with Crippen molar-refractivity contribution in [3.05, 3.63) is 0 Å². The number of aliphatic hydroxyl groups is 1. The molecule has 0 aliphatic heterocycles. The van der Waals surface area contributed by atoms with E-state index in [-0.39, 0.29) is 11.0 Å². The molecule has 0 radical (unpaired) electrons. The quantitative estimate of drug-likeness (QED) is 0.583. The molecule has 0 aromatic heterocycles. The summed E-state index contributed by atoms with van der Waals surface area (Å²) in [6.45, 7) is 6.26. The molecule has 1 unspecified atom stereocenters. The number of hydrogen-bond acceptors (Lipinski definition) is 5. The van der Waals surface area contributed by atoms with Gasteiger partial charge in [0.05, 0.1) is 16.6 Å². The first-order valence-electron chi connectivity index (χ1n) is 5.85.